The van der Waals surface area contributed by atoms with Crippen LogP contribution < -0.4 is 0 Å². The number of ether oxygens (including phenoxy) is 1. The summed E-state index contributed by atoms with van der Waals surface area (Å²) in [4.78, 5) is 12.5. The molecule has 0 N–H and O–H groups in total. The Morgan fingerprint density at radius 1 is 0.795 bits per heavy atom. The van der Waals surface area contributed by atoms with E-state index in [2.05, 4.69) is 59.8 Å². The standard InChI is InChI=1S/C33H56Br2N2O2/c1-23(38)39-30-28(36(4)18-8-6-9-19-36)22-27-25-14-12-24-13-15-29(37(5)20-10-7-11-21-37)33(34,35)32(24,3)26(25)16-17-31(27,30)2/h24-30H,6-22H2,1-5H3/q+2/t24?,25-,26-,27+,28?,29?,30?,31+,32+/m1/s1. The first-order valence-corrected chi connectivity index (χ1v) is 18.2. The van der Waals surface area contributed by atoms with Gasteiger partial charge in [-0.15, -0.1) is 0 Å². The predicted molar refractivity (Wildman–Crippen MR) is 166 cm³/mol. The molecule has 2 saturated heterocycles. The lowest BCUT2D eigenvalue weighted by molar-refractivity contribution is -0.940. The van der Waals surface area contributed by atoms with Gasteiger partial charge < -0.3 is 13.7 Å². The third-order valence-corrected chi connectivity index (χ3v) is 17.0. The van der Waals surface area contributed by atoms with Gasteiger partial charge in [-0.3, -0.25) is 4.79 Å². The molecule has 2 aliphatic heterocycles. The lowest BCUT2D eigenvalue weighted by Crippen LogP contribution is -2.70. The van der Waals surface area contributed by atoms with Crippen LogP contribution in [0.25, 0.3) is 0 Å². The van der Waals surface area contributed by atoms with Crippen LogP contribution >= 0.6 is 31.9 Å². The second-order valence-corrected chi connectivity index (χ2v) is 19.6. The van der Waals surface area contributed by atoms with E-state index in [0.29, 0.717) is 18.0 Å². The normalized spacial score (nSPS) is 48.3. The number of alkyl halides is 2. The van der Waals surface area contributed by atoms with Crippen molar-refractivity contribution in [1.82, 2.24) is 0 Å². The summed E-state index contributed by atoms with van der Waals surface area (Å²) in [6.45, 7) is 12.1. The maximum Gasteiger partial charge on any atom is 0.303 e. The molecular weight excluding hydrogens is 616 g/mol. The molecule has 2 heterocycles. The molecule has 222 valence electrons. The van der Waals surface area contributed by atoms with E-state index in [0.717, 1.165) is 22.2 Å². The highest BCUT2D eigenvalue weighted by molar-refractivity contribution is 9.25. The Morgan fingerprint density at radius 2 is 1.38 bits per heavy atom. The zero-order chi connectivity index (χ0) is 27.8. The molecule has 4 saturated carbocycles. The molecule has 6 aliphatic rings. The molecule has 0 spiro atoms. The van der Waals surface area contributed by atoms with E-state index in [1.165, 1.54) is 114 Å². The Morgan fingerprint density at radius 3 is 2.00 bits per heavy atom. The van der Waals surface area contributed by atoms with Crippen molar-refractivity contribution in [2.45, 2.75) is 126 Å². The summed E-state index contributed by atoms with van der Waals surface area (Å²) < 4.78 is 8.75. The summed E-state index contributed by atoms with van der Waals surface area (Å²) in [5.74, 6) is 2.86. The molecule has 39 heavy (non-hydrogen) atoms. The van der Waals surface area contributed by atoms with Gasteiger partial charge in [0, 0.05) is 30.6 Å². The van der Waals surface area contributed by atoms with E-state index < -0.39 is 0 Å². The van der Waals surface area contributed by atoms with Crippen LogP contribution in [-0.2, 0) is 9.53 Å². The van der Waals surface area contributed by atoms with E-state index >= 15 is 0 Å². The van der Waals surface area contributed by atoms with Crippen molar-refractivity contribution in [3.63, 3.8) is 0 Å². The van der Waals surface area contributed by atoms with E-state index in [-0.39, 0.29) is 26.1 Å². The van der Waals surface area contributed by atoms with Crippen molar-refractivity contribution in [2.24, 2.45) is 34.5 Å². The Balaban J connectivity index is 1.34. The molecule has 9 atom stereocenters. The van der Waals surface area contributed by atoms with Crippen molar-refractivity contribution >= 4 is 37.8 Å². The van der Waals surface area contributed by atoms with Gasteiger partial charge >= 0.3 is 5.97 Å². The third kappa shape index (κ3) is 4.40. The molecule has 0 radical (unpaired) electrons. The number of fused-ring (bicyclic) bond motifs is 5. The first-order chi connectivity index (χ1) is 18.4. The fourth-order valence-corrected chi connectivity index (χ4v) is 14.7. The van der Waals surface area contributed by atoms with E-state index in [1.807, 2.05) is 0 Å². The zero-order valence-corrected chi connectivity index (χ0v) is 28.7. The van der Waals surface area contributed by atoms with Crippen molar-refractivity contribution < 1.29 is 18.5 Å². The summed E-state index contributed by atoms with van der Waals surface area (Å²) in [5.41, 5.74) is 0.359. The molecule has 0 bridgehead atoms. The number of likely N-dealkylation sites (tertiary alicyclic amines) is 2. The minimum atomic E-state index is -0.0678. The Labute approximate surface area is 255 Å². The summed E-state index contributed by atoms with van der Waals surface area (Å²) in [6.07, 6.45) is 17.5. The van der Waals surface area contributed by atoms with Crippen molar-refractivity contribution in [1.29, 1.82) is 0 Å². The Hall–Kier alpha value is 0.350. The summed E-state index contributed by atoms with van der Waals surface area (Å²) in [7, 11) is 5.06. The smallest absolute Gasteiger partial charge is 0.303 e. The van der Waals surface area contributed by atoms with Crippen molar-refractivity contribution in [2.75, 3.05) is 40.3 Å². The average molecular weight is 673 g/mol. The van der Waals surface area contributed by atoms with Crippen LogP contribution in [0.3, 0.4) is 0 Å². The van der Waals surface area contributed by atoms with Gasteiger partial charge in [-0.05, 0) is 94.3 Å². The van der Waals surface area contributed by atoms with Crippen LogP contribution in [0, 0.1) is 34.5 Å². The topological polar surface area (TPSA) is 26.3 Å². The third-order valence-electron chi connectivity index (χ3n) is 14.3. The summed E-state index contributed by atoms with van der Waals surface area (Å²) in [6, 6.07) is 1.09. The molecule has 0 aromatic carbocycles. The first-order valence-electron chi connectivity index (χ1n) is 16.6. The highest BCUT2D eigenvalue weighted by atomic mass is 79.9. The molecule has 0 amide bonds. The molecule has 6 fully saturated rings. The van der Waals surface area contributed by atoms with Gasteiger partial charge in [0.25, 0.3) is 0 Å². The lowest BCUT2D eigenvalue weighted by atomic mass is 9.44. The predicted octanol–water partition coefficient (Wildman–Crippen LogP) is 7.66. The second-order valence-electron chi connectivity index (χ2n) is 16.0. The molecular formula is C33H56Br2N2O2+2. The molecule has 6 heteroatoms. The van der Waals surface area contributed by atoms with Gasteiger partial charge in [-0.2, -0.15) is 0 Å². The van der Waals surface area contributed by atoms with Crippen LogP contribution in [0.5, 0.6) is 0 Å². The lowest BCUT2D eigenvalue weighted by Gasteiger charge is -2.66. The minimum absolute atomic E-state index is 0.0161. The van der Waals surface area contributed by atoms with Gasteiger partial charge in [-0.1, -0.05) is 45.7 Å². The highest BCUT2D eigenvalue weighted by Gasteiger charge is 2.71. The SMILES string of the molecule is CC(=O)OC1C([N+]2(C)CCCCC2)C[C@H]2[C@@H]3CCC4CCC([N+]5(C)CCCCC5)C(Br)(Br)[C@]4(C)[C@@H]3CC[C@]12C. The number of carbonyl (C=O) groups excluding carboxylic acids is 1. The minimum Gasteiger partial charge on any atom is -0.456 e. The molecule has 4 unspecified atom stereocenters. The molecule has 4 aliphatic carbocycles. The number of nitrogens with zero attached hydrogens (tertiary/aromatic N) is 2. The maximum absolute atomic E-state index is 12.5. The van der Waals surface area contributed by atoms with Gasteiger partial charge in [0.1, 0.15) is 15.3 Å². The number of quaternary nitrogens is 2. The van der Waals surface area contributed by atoms with Crippen LogP contribution in [0.15, 0.2) is 0 Å². The summed E-state index contributed by atoms with van der Waals surface area (Å²) >= 11 is 9.06. The number of hydrogen-bond acceptors (Lipinski definition) is 2. The van der Waals surface area contributed by atoms with Crippen LogP contribution in [0.4, 0.5) is 0 Å². The summed E-state index contributed by atoms with van der Waals surface area (Å²) in [5, 5.41) is 0. The largest absolute Gasteiger partial charge is 0.456 e. The molecule has 0 aromatic heterocycles. The molecule has 6 rings (SSSR count). The number of carbonyl (C=O) groups is 1. The van der Waals surface area contributed by atoms with E-state index in [9.17, 15) is 4.79 Å². The van der Waals surface area contributed by atoms with Crippen LogP contribution in [0.2, 0.25) is 0 Å². The van der Waals surface area contributed by atoms with Gasteiger partial charge in [-0.25, -0.2) is 0 Å². The number of rotatable bonds is 3. The Bertz CT molecular complexity index is 944. The number of hydrogen-bond donors (Lipinski definition) is 0. The van der Waals surface area contributed by atoms with Crippen LogP contribution in [-0.4, -0.2) is 76.6 Å². The second kappa shape index (κ2) is 10.2. The van der Waals surface area contributed by atoms with Gasteiger partial charge in [0.2, 0.25) is 0 Å². The first kappa shape index (κ1) is 29.4. The molecule has 0 aromatic rings. The monoisotopic (exact) mass is 670 g/mol. The fourth-order valence-electron chi connectivity index (χ4n) is 12.1. The van der Waals surface area contributed by atoms with Crippen molar-refractivity contribution in [3.05, 3.63) is 0 Å². The van der Waals surface area contributed by atoms with Gasteiger partial charge in [0.15, 0.2) is 6.10 Å². The van der Waals surface area contributed by atoms with E-state index in [1.54, 1.807) is 6.92 Å². The number of esters is 1. The average Bonchev–Trinajstić information content (AvgIpc) is 3.18. The fraction of sp³-hybridized carbons (Fsp3) is 0.970. The Kier molecular flexibility index (Phi) is 7.71. The number of piperidine rings is 2. The highest BCUT2D eigenvalue weighted by Crippen LogP contribution is 2.72. The maximum atomic E-state index is 12.5. The van der Waals surface area contributed by atoms with Crippen LogP contribution in [0.1, 0.15) is 104 Å². The number of likely N-dealkylation sites (N-methyl/N-ethyl adjacent to an activating group) is 1. The quantitative estimate of drug-likeness (QED) is 0.175. The number of halogens is 2. The zero-order valence-electron chi connectivity index (χ0n) is 25.5. The van der Waals surface area contributed by atoms with Crippen molar-refractivity contribution in [3.8, 4) is 0 Å². The van der Waals surface area contributed by atoms with E-state index in [4.69, 9.17) is 4.74 Å². The van der Waals surface area contributed by atoms with Gasteiger partial charge in [0.05, 0.1) is 40.3 Å². The molecule has 4 nitrogen and oxygen atoms in total.